The molecule has 2 aliphatic heterocycles. The van der Waals surface area contributed by atoms with Crippen LogP contribution < -0.4 is 20.3 Å². The minimum Gasteiger partial charge on any atom is -0.494 e. The molecule has 186 valence electrons. The summed E-state index contributed by atoms with van der Waals surface area (Å²) in [6.07, 6.45) is 14.4. The lowest BCUT2D eigenvalue weighted by atomic mass is 10.00. The summed E-state index contributed by atoms with van der Waals surface area (Å²) in [6.45, 7) is 13.4. The molecule has 0 unspecified atom stereocenters. The van der Waals surface area contributed by atoms with Gasteiger partial charge in [-0.2, -0.15) is 0 Å². The molecule has 2 aliphatic rings. The molecule has 2 N–H and O–H groups in total. The van der Waals surface area contributed by atoms with Crippen molar-refractivity contribution in [2.75, 3.05) is 37.8 Å². The van der Waals surface area contributed by atoms with Gasteiger partial charge in [0.05, 0.1) is 19.8 Å². The van der Waals surface area contributed by atoms with Crippen LogP contribution in [-0.2, 0) is 6.54 Å². The van der Waals surface area contributed by atoms with E-state index in [-0.39, 0.29) is 0 Å². The Morgan fingerprint density at radius 1 is 1.19 bits per heavy atom. The van der Waals surface area contributed by atoms with E-state index in [0.29, 0.717) is 13.0 Å². The number of fused-ring (bicyclic) bond motifs is 1. The maximum absolute atomic E-state index is 5.74. The molecule has 0 saturated heterocycles. The van der Waals surface area contributed by atoms with E-state index in [0.717, 1.165) is 49.9 Å². The Balaban J connectivity index is 1.66. The third-order valence-corrected chi connectivity index (χ3v) is 6.51. The zero-order chi connectivity index (χ0) is 25.3. The van der Waals surface area contributed by atoms with Crippen molar-refractivity contribution in [3.63, 3.8) is 0 Å². The van der Waals surface area contributed by atoms with Crippen LogP contribution in [0, 0.1) is 12.3 Å². The Labute approximate surface area is 215 Å². The van der Waals surface area contributed by atoms with Gasteiger partial charge in [0.25, 0.3) is 0 Å². The fourth-order valence-electron chi connectivity index (χ4n) is 4.67. The number of benzene rings is 2. The molecule has 0 fully saturated rings. The number of rotatable bonds is 9. The summed E-state index contributed by atoms with van der Waals surface area (Å²) in [5, 5.41) is 6.69. The Morgan fingerprint density at radius 2 is 2.08 bits per heavy atom. The third kappa shape index (κ3) is 5.95. The molecule has 0 radical (unpaired) electrons. The fraction of sp³-hybridized carbons (Fsp3) is 0.290. The maximum Gasteiger partial charge on any atom is 0.119 e. The van der Waals surface area contributed by atoms with Crippen molar-refractivity contribution in [1.82, 2.24) is 15.5 Å². The second-order valence-corrected chi connectivity index (χ2v) is 8.88. The van der Waals surface area contributed by atoms with Gasteiger partial charge in [0, 0.05) is 54.9 Å². The standard InChI is InChI=1S/C31H36N4O/c1-5-8-9-11-25(6-2)27-14-15-31-28(18-27)21-34(16-17-35(31)22-29-20-32-23-33-29)24(4)26-12-10-13-30(19-26)36-7-3/h1,6,9-15,18-20,32-33H,4,7-8,16-17,21-23H2,2-3H3/b11-9-,25-6+. The highest BCUT2D eigenvalue weighted by Gasteiger charge is 2.23. The summed E-state index contributed by atoms with van der Waals surface area (Å²) < 4.78 is 5.74. The highest BCUT2D eigenvalue weighted by atomic mass is 16.5. The Kier molecular flexibility index (Phi) is 8.41. The van der Waals surface area contributed by atoms with Gasteiger partial charge in [-0.05, 0) is 54.8 Å². The Morgan fingerprint density at radius 3 is 2.83 bits per heavy atom. The van der Waals surface area contributed by atoms with E-state index in [2.05, 4.69) is 88.5 Å². The monoisotopic (exact) mass is 480 g/mol. The van der Waals surface area contributed by atoms with Crippen molar-refractivity contribution < 1.29 is 4.74 Å². The topological polar surface area (TPSA) is 39.8 Å². The van der Waals surface area contributed by atoms with Gasteiger partial charge in [-0.1, -0.05) is 43.0 Å². The van der Waals surface area contributed by atoms with E-state index in [1.165, 1.54) is 28.1 Å². The molecule has 0 aromatic heterocycles. The van der Waals surface area contributed by atoms with Crippen LogP contribution in [0.5, 0.6) is 5.75 Å². The predicted molar refractivity (Wildman–Crippen MR) is 151 cm³/mol. The molecule has 0 atom stereocenters. The van der Waals surface area contributed by atoms with Crippen LogP contribution in [0.1, 0.15) is 37.0 Å². The number of hydrogen-bond donors (Lipinski definition) is 2. The number of nitrogens with zero attached hydrogens (tertiary/aromatic N) is 2. The van der Waals surface area contributed by atoms with Crippen molar-refractivity contribution >= 4 is 17.0 Å². The first-order valence-electron chi connectivity index (χ1n) is 12.6. The molecule has 36 heavy (non-hydrogen) atoms. The first-order valence-corrected chi connectivity index (χ1v) is 12.6. The Hall–Kier alpha value is -4.04. The SMILES string of the molecule is C#CC/C=C\C(=C/C)c1ccc2c(c1)CN(C(=C)c1cccc(OCC)c1)CCN2CC1=CNCN1. The summed E-state index contributed by atoms with van der Waals surface area (Å²) in [6, 6.07) is 15.0. The number of hydrogen-bond acceptors (Lipinski definition) is 5. The first kappa shape index (κ1) is 25.1. The van der Waals surface area contributed by atoms with E-state index in [1.807, 2.05) is 25.1 Å². The molecular weight excluding hydrogens is 444 g/mol. The van der Waals surface area contributed by atoms with Crippen LogP contribution in [-0.4, -0.2) is 37.8 Å². The lowest BCUT2D eigenvalue weighted by Crippen LogP contribution is -2.34. The van der Waals surface area contributed by atoms with Gasteiger partial charge in [0.15, 0.2) is 0 Å². The maximum atomic E-state index is 5.74. The van der Waals surface area contributed by atoms with Gasteiger partial charge in [-0.15, -0.1) is 12.3 Å². The molecule has 2 aromatic rings. The molecular formula is C31H36N4O. The average Bonchev–Trinajstić information content (AvgIpc) is 3.34. The number of terminal acetylenes is 1. The minimum atomic E-state index is 0.626. The highest BCUT2D eigenvalue weighted by molar-refractivity contribution is 5.76. The first-order chi connectivity index (χ1) is 17.6. The summed E-state index contributed by atoms with van der Waals surface area (Å²) in [5.74, 6) is 3.55. The Bertz CT molecular complexity index is 1220. The molecule has 4 rings (SSSR count). The normalized spacial score (nSPS) is 15.5. The van der Waals surface area contributed by atoms with Crippen molar-refractivity contribution in [2.24, 2.45) is 0 Å². The zero-order valence-electron chi connectivity index (χ0n) is 21.4. The van der Waals surface area contributed by atoms with Crippen molar-refractivity contribution in [3.8, 4) is 18.1 Å². The molecule has 2 aromatic carbocycles. The predicted octanol–water partition coefficient (Wildman–Crippen LogP) is 5.35. The van der Waals surface area contributed by atoms with Crippen molar-refractivity contribution in [3.05, 3.63) is 95.9 Å². The number of anilines is 1. The number of allylic oxidation sites excluding steroid dienone is 4. The summed E-state index contributed by atoms with van der Waals surface area (Å²) >= 11 is 0. The van der Waals surface area contributed by atoms with E-state index < -0.39 is 0 Å². The van der Waals surface area contributed by atoms with E-state index in [1.54, 1.807) is 0 Å². The average molecular weight is 481 g/mol. The zero-order valence-corrected chi connectivity index (χ0v) is 21.4. The second kappa shape index (κ2) is 12.1. The van der Waals surface area contributed by atoms with E-state index >= 15 is 0 Å². The molecule has 0 saturated carbocycles. The minimum absolute atomic E-state index is 0.626. The lowest BCUT2D eigenvalue weighted by molar-refractivity contribution is 0.340. The van der Waals surface area contributed by atoms with Crippen LogP contribution in [0.2, 0.25) is 0 Å². The van der Waals surface area contributed by atoms with Crippen molar-refractivity contribution in [1.29, 1.82) is 0 Å². The van der Waals surface area contributed by atoms with Crippen LogP contribution in [0.4, 0.5) is 5.69 Å². The lowest BCUT2D eigenvalue weighted by Gasteiger charge is -2.27. The van der Waals surface area contributed by atoms with Gasteiger partial charge < -0.3 is 25.2 Å². The molecule has 5 nitrogen and oxygen atoms in total. The van der Waals surface area contributed by atoms with Gasteiger partial charge in [-0.25, -0.2) is 0 Å². The molecule has 0 spiro atoms. The highest BCUT2D eigenvalue weighted by Crippen LogP contribution is 2.33. The summed E-state index contributed by atoms with van der Waals surface area (Å²) in [7, 11) is 0. The third-order valence-electron chi connectivity index (χ3n) is 6.51. The summed E-state index contributed by atoms with van der Waals surface area (Å²) in [4.78, 5) is 4.84. The van der Waals surface area contributed by atoms with Crippen LogP contribution in [0.3, 0.4) is 0 Å². The van der Waals surface area contributed by atoms with Gasteiger partial charge in [0.1, 0.15) is 5.75 Å². The van der Waals surface area contributed by atoms with Gasteiger partial charge in [-0.3, -0.25) is 0 Å². The summed E-state index contributed by atoms with van der Waals surface area (Å²) in [5.41, 5.74) is 8.20. The van der Waals surface area contributed by atoms with Gasteiger partial charge in [0.2, 0.25) is 0 Å². The second-order valence-electron chi connectivity index (χ2n) is 8.88. The van der Waals surface area contributed by atoms with Crippen LogP contribution in [0.25, 0.3) is 11.3 Å². The van der Waals surface area contributed by atoms with E-state index in [9.17, 15) is 0 Å². The molecule has 0 aliphatic carbocycles. The van der Waals surface area contributed by atoms with Gasteiger partial charge >= 0.3 is 0 Å². The van der Waals surface area contributed by atoms with Crippen LogP contribution >= 0.6 is 0 Å². The molecule has 2 heterocycles. The smallest absolute Gasteiger partial charge is 0.119 e. The largest absolute Gasteiger partial charge is 0.494 e. The number of ether oxygens (including phenoxy) is 1. The molecule has 0 amide bonds. The quantitative estimate of drug-likeness (QED) is 0.374. The van der Waals surface area contributed by atoms with Crippen molar-refractivity contribution in [2.45, 2.75) is 26.8 Å². The molecule has 5 heteroatoms. The molecule has 0 bridgehead atoms. The number of nitrogens with one attached hydrogen (secondary N) is 2. The fourth-order valence-corrected chi connectivity index (χ4v) is 4.67. The van der Waals surface area contributed by atoms with Crippen LogP contribution in [0.15, 0.2) is 79.2 Å². The van der Waals surface area contributed by atoms with E-state index in [4.69, 9.17) is 11.2 Å².